The Morgan fingerprint density at radius 2 is 1.43 bits per heavy atom. The van der Waals surface area contributed by atoms with Crippen LogP contribution in [0.5, 0.6) is 0 Å². The molecule has 30 heavy (non-hydrogen) atoms. The number of amides is 2. The number of halogens is 1. The Morgan fingerprint density at radius 3 is 2.00 bits per heavy atom. The zero-order valence-corrected chi connectivity index (χ0v) is 17.5. The van der Waals surface area contributed by atoms with Crippen molar-refractivity contribution >= 4 is 29.1 Å². The molecule has 2 atom stereocenters. The van der Waals surface area contributed by atoms with Crippen LogP contribution in [0.1, 0.15) is 46.6 Å². The van der Waals surface area contributed by atoms with Gasteiger partial charge in [0.15, 0.2) is 0 Å². The van der Waals surface area contributed by atoms with Gasteiger partial charge >= 0.3 is 0 Å². The van der Waals surface area contributed by atoms with Crippen molar-refractivity contribution in [2.24, 2.45) is 11.3 Å². The highest BCUT2D eigenvalue weighted by molar-refractivity contribution is 6.32. The van der Waals surface area contributed by atoms with E-state index < -0.39 is 11.3 Å². The maximum Gasteiger partial charge on any atom is 0.241 e. The van der Waals surface area contributed by atoms with Crippen molar-refractivity contribution in [1.29, 1.82) is 0 Å². The molecule has 3 aromatic rings. The third-order valence-corrected chi connectivity index (χ3v) is 7.83. The predicted octanol–water partition coefficient (Wildman–Crippen LogP) is 5.44. The van der Waals surface area contributed by atoms with E-state index in [4.69, 9.17) is 11.6 Å². The molecule has 0 N–H and O–H groups in total. The maximum atomic E-state index is 13.9. The summed E-state index contributed by atoms with van der Waals surface area (Å²) in [4.78, 5) is 29.1. The molecular weight excluding hydrogens is 394 g/mol. The Kier molecular flexibility index (Phi) is 3.48. The first kappa shape index (κ1) is 17.9. The molecule has 4 heteroatoms. The molecule has 1 fully saturated rings. The number of imide groups is 1. The van der Waals surface area contributed by atoms with Gasteiger partial charge in [-0.3, -0.25) is 9.59 Å². The Balaban J connectivity index is 1.61. The van der Waals surface area contributed by atoms with E-state index in [1.807, 2.05) is 50.2 Å². The Hall–Kier alpha value is -2.91. The van der Waals surface area contributed by atoms with E-state index in [-0.39, 0.29) is 23.7 Å². The average molecular weight is 414 g/mol. The number of hydrogen-bond donors (Lipinski definition) is 0. The van der Waals surface area contributed by atoms with Gasteiger partial charge in [0.2, 0.25) is 11.8 Å². The Labute approximate surface area is 180 Å². The minimum Gasteiger partial charge on any atom is -0.274 e. The molecule has 2 amide bonds. The van der Waals surface area contributed by atoms with Gasteiger partial charge in [-0.15, -0.1) is 0 Å². The van der Waals surface area contributed by atoms with Crippen LogP contribution in [-0.4, -0.2) is 11.8 Å². The van der Waals surface area contributed by atoms with E-state index in [0.29, 0.717) is 10.7 Å². The van der Waals surface area contributed by atoms with Gasteiger partial charge in [-0.25, -0.2) is 4.90 Å². The SMILES string of the molecule is Cc1ccc(N2C(=O)[C@@H]3C4c5ccccc5C(c5ccccc54)[C@@]3(C)C2=O)cc1Cl. The summed E-state index contributed by atoms with van der Waals surface area (Å²) >= 11 is 6.34. The first-order valence-electron chi connectivity index (χ1n) is 10.3. The highest BCUT2D eigenvalue weighted by Crippen LogP contribution is 2.67. The molecule has 1 heterocycles. The average Bonchev–Trinajstić information content (AvgIpc) is 2.96. The van der Waals surface area contributed by atoms with Gasteiger partial charge in [-0.1, -0.05) is 66.2 Å². The van der Waals surface area contributed by atoms with E-state index in [9.17, 15) is 9.59 Å². The van der Waals surface area contributed by atoms with Crippen molar-refractivity contribution < 1.29 is 9.59 Å². The largest absolute Gasteiger partial charge is 0.274 e. The summed E-state index contributed by atoms with van der Waals surface area (Å²) in [5.74, 6) is -0.922. The van der Waals surface area contributed by atoms with Gasteiger partial charge in [0.1, 0.15) is 0 Å². The molecule has 3 aromatic carbocycles. The van der Waals surface area contributed by atoms with Crippen molar-refractivity contribution in [1.82, 2.24) is 0 Å². The highest BCUT2D eigenvalue weighted by Gasteiger charge is 2.68. The lowest BCUT2D eigenvalue weighted by molar-refractivity contribution is -0.128. The summed E-state index contributed by atoms with van der Waals surface area (Å²) in [5.41, 5.74) is 5.35. The fraction of sp³-hybridized carbons (Fsp3) is 0.231. The number of anilines is 1. The zero-order chi connectivity index (χ0) is 20.8. The van der Waals surface area contributed by atoms with Crippen molar-refractivity contribution in [3.63, 3.8) is 0 Å². The van der Waals surface area contributed by atoms with Crippen molar-refractivity contribution in [3.05, 3.63) is 99.6 Å². The molecule has 0 spiro atoms. The van der Waals surface area contributed by atoms with E-state index in [1.165, 1.54) is 27.2 Å². The summed E-state index contributed by atoms with van der Waals surface area (Å²) in [5, 5.41) is 0.558. The second-order valence-corrected chi connectivity index (χ2v) is 9.25. The Bertz CT molecular complexity index is 1220. The van der Waals surface area contributed by atoms with Crippen LogP contribution in [0.2, 0.25) is 5.02 Å². The first-order chi connectivity index (χ1) is 14.4. The van der Waals surface area contributed by atoms with Gasteiger partial charge in [-0.05, 0) is 53.8 Å². The fourth-order valence-corrected chi connectivity index (χ4v) is 6.26. The Morgan fingerprint density at radius 1 is 0.867 bits per heavy atom. The molecule has 2 bridgehead atoms. The highest BCUT2D eigenvalue weighted by atomic mass is 35.5. The van der Waals surface area contributed by atoms with Gasteiger partial charge in [-0.2, -0.15) is 0 Å². The molecule has 148 valence electrons. The number of rotatable bonds is 1. The van der Waals surface area contributed by atoms with Crippen LogP contribution in [-0.2, 0) is 9.59 Å². The van der Waals surface area contributed by atoms with Gasteiger partial charge in [0.25, 0.3) is 0 Å². The lowest BCUT2D eigenvalue weighted by Crippen LogP contribution is -2.49. The molecule has 3 aliphatic carbocycles. The third-order valence-electron chi connectivity index (χ3n) is 7.43. The number of carbonyl (C=O) groups is 2. The predicted molar refractivity (Wildman–Crippen MR) is 117 cm³/mol. The molecule has 1 saturated heterocycles. The smallest absolute Gasteiger partial charge is 0.241 e. The van der Waals surface area contributed by atoms with Crippen LogP contribution >= 0.6 is 11.6 Å². The van der Waals surface area contributed by atoms with E-state index in [0.717, 1.165) is 5.56 Å². The molecule has 0 radical (unpaired) electrons. The molecule has 3 nitrogen and oxygen atoms in total. The summed E-state index contributed by atoms with van der Waals surface area (Å²) in [7, 11) is 0. The van der Waals surface area contributed by atoms with Crippen LogP contribution < -0.4 is 4.90 Å². The first-order valence-corrected chi connectivity index (χ1v) is 10.6. The summed E-state index contributed by atoms with van der Waals surface area (Å²) in [6, 6.07) is 22.0. The number of carbonyl (C=O) groups excluding carboxylic acids is 2. The minimum atomic E-state index is -0.818. The normalized spacial score (nSPS) is 28.4. The molecule has 4 aliphatic rings. The van der Waals surface area contributed by atoms with Crippen LogP contribution in [0.3, 0.4) is 0 Å². The minimum absolute atomic E-state index is 0.116. The van der Waals surface area contributed by atoms with Crippen molar-refractivity contribution in [2.45, 2.75) is 25.7 Å². The van der Waals surface area contributed by atoms with E-state index in [2.05, 4.69) is 24.3 Å². The van der Waals surface area contributed by atoms with Crippen LogP contribution in [0, 0.1) is 18.3 Å². The van der Waals surface area contributed by atoms with Crippen LogP contribution in [0.15, 0.2) is 66.7 Å². The van der Waals surface area contributed by atoms with Crippen LogP contribution in [0.25, 0.3) is 0 Å². The van der Waals surface area contributed by atoms with Gasteiger partial charge in [0.05, 0.1) is 17.0 Å². The number of nitrogens with zero attached hydrogens (tertiary/aromatic N) is 1. The van der Waals surface area contributed by atoms with Gasteiger partial charge < -0.3 is 0 Å². The summed E-state index contributed by atoms with van der Waals surface area (Å²) in [6.45, 7) is 3.89. The van der Waals surface area contributed by atoms with Crippen molar-refractivity contribution in [3.8, 4) is 0 Å². The van der Waals surface area contributed by atoms with Gasteiger partial charge in [0, 0.05) is 16.9 Å². The number of hydrogen-bond acceptors (Lipinski definition) is 2. The molecule has 0 unspecified atom stereocenters. The summed E-state index contributed by atoms with van der Waals surface area (Å²) < 4.78 is 0. The second kappa shape index (κ2) is 5.83. The monoisotopic (exact) mass is 413 g/mol. The number of aryl methyl sites for hydroxylation is 1. The fourth-order valence-electron chi connectivity index (χ4n) is 6.08. The lowest BCUT2D eigenvalue weighted by Gasteiger charge is -2.51. The summed E-state index contributed by atoms with van der Waals surface area (Å²) in [6.07, 6.45) is 0. The van der Waals surface area contributed by atoms with Crippen LogP contribution in [0.4, 0.5) is 5.69 Å². The quantitative estimate of drug-likeness (QED) is 0.498. The molecule has 7 rings (SSSR count). The standard InChI is InChI=1S/C26H20ClNO2/c1-14-11-12-15(13-20(14)27)28-24(29)23-21-16-7-3-5-9-18(16)22(26(23,2)25(28)30)19-10-6-4-8-17(19)21/h3-13,21-23H,1-2H3/t21?,22?,23-,26+/m0/s1. The number of benzene rings is 3. The zero-order valence-electron chi connectivity index (χ0n) is 16.7. The van der Waals surface area contributed by atoms with E-state index >= 15 is 0 Å². The lowest BCUT2D eigenvalue weighted by atomic mass is 9.48. The van der Waals surface area contributed by atoms with E-state index in [1.54, 1.807) is 6.07 Å². The maximum absolute atomic E-state index is 13.9. The molecule has 0 saturated carbocycles. The molecular formula is C26H20ClNO2. The van der Waals surface area contributed by atoms with Crippen molar-refractivity contribution in [2.75, 3.05) is 4.90 Å². The molecule has 1 aliphatic heterocycles. The third kappa shape index (κ3) is 1.96. The molecule has 0 aromatic heterocycles. The second-order valence-electron chi connectivity index (χ2n) is 8.84. The topological polar surface area (TPSA) is 37.4 Å².